The summed E-state index contributed by atoms with van der Waals surface area (Å²) in [5.74, 6) is 1.81. The van der Waals surface area contributed by atoms with Gasteiger partial charge in [-0.05, 0) is 38.7 Å². The van der Waals surface area contributed by atoms with Gasteiger partial charge in [-0.3, -0.25) is 9.48 Å². The number of imidazole rings is 1. The Morgan fingerprint density at radius 3 is 2.76 bits per heavy atom. The molecule has 3 heterocycles. The van der Waals surface area contributed by atoms with Gasteiger partial charge in [0.05, 0.1) is 11.4 Å². The fourth-order valence-electron chi connectivity index (χ4n) is 3.68. The second-order valence-electron chi connectivity index (χ2n) is 7.37. The maximum absolute atomic E-state index is 13.1. The Hall–Kier alpha value is -2.11. The summed E-state index contributed by atoms with van der Waals surface area (Å²) in [4.78, 5) is 19.8. The van der Waals surface area contributed by atoms with Crippen LogP contribution in [0, 0.1) is 6.92 Å². The molecule has 0 spiro atoms. The first kappa shape index (κ1) is 17.7. The zero-order chi connectivity index (χ0) is 18.1. The summed E-state index contributed by atoms with van der Waals surface area (Å²) >= 11 is 0. The van der Waals surface area contributed by atoms with Crippen molar-refractivity contribution < 1.29 is 4.79 Å². The highest BCUT2D eigenvalue weighted by molar-refractivity contribution is 5.92. The summed E-state index contributed by atoms with van der Waals surface area (Å²) in [5.41, 5.74) is 2.73. The summed E-state index contributed by atoms with van der Waals surface area (Å²) in [6.45, 7) is 10.5. The van der Waals surface area contributed by atoms with Gasteiger partial charge in [-0.15, -0.1) is 0 Å². The van der Waals surface area contributed by atoms with Crippen molar-refractivity contribution in [1.29, 1.82) is 0 Å². The predicted molar refractivity (Wildman–Crippen MR) is 97.8 cm³/mol. The quantitative estimate of drug-likeness (QED) is 0.857. The van der Waals surface area contributed by atoms with Gasteiger partial charge in [-0.25, -0.2) is 4.98 Å². The minimum atomic E-state index is 0.0943. The van der Waals surface area contributed by atoms with Gasteiger partial charge in [0.25, 0.3) is 5.91 Å². The Bertz CT molecular complexity index is 758. The minimum absolute atomic E-state index is 0.0943. The maximum Gasteiger partial charge on any atom is 0.272 e. The minimum Gasteiger partial charge on any atom is -0.337 e. The van der Waals surface area contributed by atoms with Crippen LogP contribution in [0.4, 0.5) is 0 Å². The Balaban J connectivity index is 1.81. The van der Waals surface area contributed by atoms with Crippen molar-refractivity contribution in [3.05, 3.63) is 35.2 Å². The molecule has 6 heteroatoms. The zero-order valence-corrected chi connectivity index (χ0v) is 16.0. The molecule has 0 radical (unpaired) electrons. The average molecular weight is 343 g/mol. The van der Waals surface area contributed by atoms with Crippen LogP contribution in [0.1, 0.15) is 73.1 Å². The Labute approximate surface area is 149 Å². The van der Waals surface area contributed by atoms with Crippen LogP contribution in [0.5, 0.6) is 0 Å². The molecule has 6 nitrogen and oxygen atoms in total. The molecule has 0 unspecified atom stereocenters. The van der Waals surface area contributed by atoms with Gasteiger partial charge in [0.15, 0.2) is 0 Å². The summed E-state index contributed by atoms with van der Waals surface area (Å²) in [5, 5.41) is 4.59. The van der Waals surface area contributed by atoms with Gasteiger partial charge in [0.2, 0.25) is 0 Å². The van der Waals surface area contributed by atoms with Crippen molar-refractivity contribution in [2.75, 3.05) is 13.1 Å². The van der Waals surface area contributed by atoms with E-state index in [4.69, 9.17) is 0 Å². The largest absolute Gasteiger partial charge is 0.337 e. The third kappa shape index (κ3) is 3.48. The highest BCUT2D eigenvalue weighted by atomic mass is 16.2. The van der Waals surface area contributed by atoms with Crippen molar-refractivity contribution in [2.45, 2.75) is 58.9 Å². The van der Waals surface area contributed by atoms with Gasteiger partial charge in [-0.2, -0.15) is 5.10 Å². The number of likely N-dealkylation sites (tertiary alicyclic amines) is 1. The van der Waals surface area contributed by atoms with E-state index in [9.17, 15) is 4.79 Å². The third-order valence-electron chi connectivity index (χ3n) is 5.02. The number of aryl methyl sites for hydroxylation is 3. The molecule has 1 fully saturated rings. The van der Waals surface area contributed by atoms with Crippen LogP contribution < -0.4 is 0 Å². The van der Waals surface area contributed by atoms with Gasteiger partial charge < -0.3 is 9.47 Å². The molecule has 25 heavy (non-hydrogen) atoms. The first-order valence-electron chi connectivity index (χ1n) is 9.27. The molecular formula is C19H29N5O. The van der Waals surface area contributed by atoms with E-state index >= 15 is 0 Å². The molecule has 0 saturated carbocycles. The van der Waals surface area contributed by atoms with Crippen molar-refractivity contribution in [1.82, 2.24) is 24.2 Å². The Kier molecular flexibility index (Phi) is 4.97. The van der Waals surface area contributed by atoms with E-state index in [2.05, 4.69) is 34.7 Å². The molecule has 2 aromatic rings. The molecule has 1 saturated heterocycles. The highest BCUT2D eigenvalue weighted by Gasteiger charge is 2.29. The first-order valence-corrected chi connectivity index (χ1v) is 9.27. The normalized spacial score (nSPS) is 18.2. The van der Waals surface area contributed by atoms with E-state index in [0.29, 0.717) is 24.1 Å². The standard InChI is InChI=1S/C19H29N5O/c1-6-24-17(10-16(21-24)13(2)3)19(25)23-9-7-8-15(12-23)18-20-14(4)11-22(18)5/h10-11,13,15H,6-9,12H2,1-5H3/t15-/m0/s1. The monoisotopic (exact) mass is 343 g/mol. The molecular weight excluding hydrogens is 314 g/mol. The SMILES string of the molecule is CCn1nc(C(C)C)cc1C(=O)N1CCC[C@H](c2nc(C)cn2C)C1. The summed E-state index contributed by atoms with van der Waals surface area (Å²) in [6.07, 6.45) is 4.15. The van der Waals surface area contributed by atoms with Gasteiger partial charge in [0.1, 0.15) is 11.5 Å². The smallest absolute Gasteiger partial charge is 0.272 e. The van der Waals surface area contributed by atoms with Crippen LogP contribution >= 0.6 is 0 Å². The topological polar surface area (TPSA) is 56.0 Å². The number of carbonyl (C=O) groups excluding carboxylic acids is 1. The van der Waals surface area contributed by atoms with Crippen LogP contribution in [-0.2, 0) is 13.6 Å². The van der Waals surface area contributed by atoms with Crippen LogP contribution in [-0.4, -0.2) is 43.2 Å². The molecule has 3 rings (SSSR count). The Morgan fingerprint density at radius 1 is 1.40 bits per heavy atom. The lowest BCUT2D eigenvalue weighted by atomic mass is 9.97. The van der Waals surface area contributed by atoms with Crippen LogP contribution in [0.2, 0.25) is 0 Å². The number of nitrogens with zero attached hydrogens (tertiary/aromatic N) is 5. The first-order chi connectivity index (χ1) is 11.9. The number of hydrogen-bond donors (Lipinski definition) is 0. The molecule has 1 amide bonds. The van der Waals surface area contributed by atoms with Gasteiger partial charge >= 0.3 is 0 Å². The predicted octanol–water partition coefficient (Wildman–Crippen LogP) is 3.09. The molecule has 136 valence electrons. The Morgan fingerprint density at radius 2 is 2.16 bits per heavy atom. The second-order valence-corrected chi connectivity index (χ2v) is 7.37. The van der Waals surface area contributed by atoms with Crippen molar-refractivity contribution >= 4 is 5.91 Å². The van der Waals surface area contributed by atoms with Crippen LogP contribution in [0.3, 0.4) is 0 Å². The molecule has 1 aliphatic heterocycles. The number of piperidine rings is 1. The number of carbonyl (C=O) groups is 1. The second kappa shape index (κ2) is 7.02. The third-order valence-corrected chi connectivity index (χ3v) is 5.02. The van der Waals surface area contributed by atoms with E-state index in [1.54, 1.807) is 0 Å². The van der Waals surface area contributed by atoms with Gasteiger partial charge in [-0.1, -0.05) is 13.8 Å². The maximum atomic E-state index is 13.1. The fourth-order valence-corrected chi connectivity index (χ4v) is 3.68. The molecule has 2 aromatic heterocycles. The van der Waals surface area contributed by atoms with Crippen LogP contribution in [0.15, 0.2) is 12.3 Å². The fraction of sp³-hybridized carbons (Fsp3) is 0.632. The number of rotatable bonds is 4. The summed E-state index contributed by atoms with van der Waals surface area (Å²) < 4.78 is 3.94. The van der Waals surface area contributed by atoms with Crippen molar-refractivity contribution in [2.24, 2.45) is 7.05 Å². The van der Waals surface area contributed by atoms with E-state index in [1.807, 2.05) is 36.5 Å². The van der Waals surface area contributed by atoms with E-state index in [0.717, 1.165) is 43.1 Å². The molecule has 0 aromatic carbocycles. The number of amides is 1. The summed E-state index contributed by atoms with van der Waals surface area (Å²) in [7, 11) is 2.04. The van der Waals surface area contributed by atoms with Crippen LogP contribution in [0.25, 0.3) is 0 Å². The van der Waals surface area contributed by atoms with Gasteiger partial charge in [0, 0.05) is 38.8 Å². The number of aromatic nitrogens is 4. The lowest BCUT2D eigenvalue weighted by Crippen LogP contribution is -2.40. The average Bonchev–Trinajstić information content (AvgIpc) is 3.17. The zero-order valence-electron chi connectivity index (χ0n) is 16.0. The van der Waals surface area contributed by atoms with E-state index in [-0.39, 0.29) is 5.91 Å². The molecule has 1 aliphatic rings. The van der Waals surface area contributed by atoms with E-state index < -0.39 is 0 Å². The van der Waals surface area contributed by atoms with Crippen molar-refractivity contribution in [3.63, 3.8) is 0 Å². The molecule has 0 bridgehead atoms. The highest BCUT2D eigenvalue weighted by Crippen LogP contribution is 2.27. The number of hydrogen-bond acceptors (Lipinski definition) is 3. The molecule has 0 N–H and O–H groups in total. The molecule has 1 atom stereocenters. The lowest BCUT2D eigenvalue weighted by molar-refractivity contribution is 0.0691. The van der Waals surface area contributed by atoms with E-state index in [1.165, 1.54) is 0 Å². The summed E-state index contributed by atoms with van der Waals surface area (Å²) in [6, 6.07) is 1.96. The molecule has 0 aliphatic carbocycles. The van der Waals surface area contributed by atoms with Crippen molar-refractivity contribution in [3.8, 4) is 0 Å². The lowest BCUT2D eigenvalue weighted by Gasteiger charge is -2.32.